The first-order valence-corrected chi connectivity index (χ1v) is 15.9. The first-order valence-electron chi connectivity index (χ1n) is 15.9. The third-order valence-electron chi connectivity index (χ3n) is 9.78. The van der Waals surface area contributed by atoms with Gasteiger partial charge in [-0.25, -0.2) is 9.50 Å². The zero-order chi connectivity index (χ0) is 30.6. The molecule has 1 amide bonds. The van der Waals surface area contributed by atoms with E-state index in [1.807, 2.05) is 54.0 Å². The normalized spacial score (nSPS) is 24.4. The highest BCUT2D eigenvalue weighted by Crippen LogP contribution is 2.60. The number of ketones is 2. The summed E-state index contributed by atoms with van der Waals surface area (Å²) in [7, 11) is 0. The van der Waals surface area contributed by atoms with Crippen LogP contribution >= 0.6 is 0 Å². The molecule has 4 aromatic rings. The number of Topliss-reactive ketones (excluding diaryl/α,β-unsaturated/α-hetero) is 2. The molecule has 1 saturated heterocycles. The molecule has 2 fully saturated rings. The first kappa shape index (κ1) is 28.9. The van der Waals surface area contributed by atoms with Crippen LogP contribution in [0.25, 0.3) is 27.7 Å². The van der Waals surface area contributed by atoms with Crippen molar-refractivity contribution >= 4 is 34.0 Å². The molecule has 1 N–H and O–H groups in total. The minimum absolute atomic E-state index is 0.0291. The molecule has 2 aliphatic heterocycles. The summed E-state index contributed by atoms with van der Waals surface area (Å²) in [5.41, 5.74) is 5.83. The van der Waals surface area contributed by atoms with Crippen LogP contribution in [0.2, 0.25) is 0 Å². The lowest BCUT2D eigenvalue weighted by molar-refractivity contribution is -0.139. The molecule has 5 heterocycles. The molecule has 1 saturated carbocycles. The number of hydrogen-bond donors (Lipinski definition) is 1. The van der Waals surface area contributed by atoms with Crippen molar-refractivity contribution in [1.29, 1.82) is 0 Å². The second-order valence-electron chi connectivity index (χ2n) is 12.9. The summed E-state index contributed by atoms with van der Waals surface area (Å²) in [5.74, 6) is -0.0352. The van der Waals surface area contributed by atoms with Gasteiger partial charge >= 0.3 is 0 Å². The molecule has 10 nitrogen and oxygen atoms in total. The second kappa shape index (κ2) is 11.2. The van der Waals surface area contributed by atoms with E-state index in [9.17, 15) is 14.4 Å². The minimum atomic E-state index is -0.413. The van der Waals surface area contributed by atoms with Crippen molar-refractivity contribution in [2.75, 3.05) is 19.8 Å². The Morgan fingerprint density at radius 2 is 1.98 bits per heavy atom. The number of rotatable bonds is 4. The molecule has 2 bridgehead atoms. The monoisotopic (exact) mass is 596 g/mol. The zero-order valence-electron chi connectivity index (χ0n) is 25.8. The van der Waals surface area contributed by atoms with Crippen LogP contribution in [0.1, 0.15) is 74.0 Å². The fourth-order valence-electron chi connectivity index (χ4n) is 7.44. The molecule has 230 valence electrons. The van der Waals surface area contributed by atoms with Gasteiger partial charge in [0.25, 0.3) is 0 Å². The van der Waals surface area contributed by atoms with Crippen LogP contribution < -0.4 is 5.32 Å². The number of nitrogens with zero attached hydrogens (tertiary/aromatic N) is 5. The Balaban J connectivity index is 1.33. The molecular formula is C34H40N6O4. The summed E-state index contributed by atoms with van der Waals surface area (Å²) < 4.78 is 9.82. The average Bonchev–Trinajstić information content (AvgIpc) is 3.26. The van der Waals surface area contributed by atoms with Crippen LogP contribution in [0.3, 0.4) is 0 Å². The van der Waals surface area contributed by atoms with Crippen molar-refractivity contribution in [3.05, 3.63) is 53.6 Å². The zero-order valence-corrected chi connectivity index (χ0v) is 25.8. The molecule has 44 heavy (non-hydrogen) atoms. The van der Waals surface area contributed by atoms with Gasteiger partial charge in [-0.2, -0.15) is 5.10 Å². The van der Waals surface area contributed by atoms with Gasteiger partial charge in [-0.1, -0.05) is 6.92 Å². The molecule has 3 atom stereocenters. The number of piperidine rings is 1. The third kappa shape index (κ3) is 5.03. The first-order chi connectivity index (χ1) is 21.3. The molecule has 0 radical (unpaired) electrons. The molecule has 3 aromatic heterocycles. The molecule has 7 rings (SSSR count). The fraction of sp³-hybridized carbons (Fsp3) is 0.500. The Kier molecular flexibility index (Phi) is 7.37. The number of nitrogens with one attached hydrogen (secondary N) is 1. The molecule has 1 aliphatic carbocycles. The van der Waals surface area contributed by atoms with Crippen LogP contribution in [-0.2, 0) is 27.4 Å². The van der Waals surface area contributed by atoms with Crippen molar-refractivity contribution < 1.29 is 19.1 Å². The Morgan fingerprint density at radius 1 is 1.11 bits per heavy atom. The van der Waals surface area contributed by atoms with Gasteiger partial charge in [0.15, 0.2) is 17.2 Å². The molecule has 10 heteroatoms. The van der Waals surface area contributed by atoms with Gasteiger partial charge in [0.05, 0.1) is 23.9 Å². The van der Waals surface area contributed by atoms with E-state index in [4.69, 9.17) is 4.74 Å². The van der Waals surface area contributed by atoms with Crippen molar-refractivity contribution in [1.82, 2.24) is 29.4 Å². The van der Waals surface area contributed by atoms with Gasteiger partial charge in [0.1, 0.15) is 6.54 Å². The highest BCUT2D eigenvalue weighted by molar-refractivity contribution is 6.09. The highest BCUT2D eigenvalue weighted by atomic mass is 16.5. The lowest BCUT2D eigenvalue weighted by Gasteiger charge is -2.27. The van der Waals surface area contributed by atoms with Crippen LogP contribution in [0, 0.1) is 12.3 Å². The number of aromatic nitrogens is 4. The predicted molar refractivity (Wildman–Crippen MR) is 166 cm³/mol. The van der Waals surface area contributed by atoms with Gasteiger partial charge in [0, 0.05) is 72.2 Å². The maximum Gasteiger partial charge on any atom is 0.243 e. The van der Waals surface area contributed by atoms with Crippen LogP contribution in [-0.4, -0.2) is 73.4 Å². The van der Waals surface area contributed by atoms with E-state index in [1.54, 1.807) is 11.4 Å². The van der Waals surface area contributed by atoms with Crippen molar-refractivity contribution in [2.24, 2.45) is 5.41 Å². The summed E-state index contributed by atoms with van der Waals surface area (Å²) in [6.45, 7) is 8.18. The van der Waals surface area contributed by atoms with E-state index in [0.29, 0.717) is 38.2 Å². The summed E-state index contributed by atoms with van der Waals surface area (Å²) >= 11 is 0. The summed E-state index contributed by atoms with van der Waals surface area (Å²) in [5, 5.41) is 8.95. The third-order valence-corrected chi connectivity index (χ3v) is 9.78. The lowest BCUT2D eigenvalue weighted by atomic mass is 9.97. The number of fused-ring (bicyclic) bond motifs is 1. The smallest absolute Gasteiger partial charge is 0.243 e. The Hall–Kier alpha value is -3.89. The number of aryl methyl sites for hydroxylation is 1. The second-order valence-corrected chi connectivity index (χ2v) is 12.9. The van der Waals surface area contributed by atoms with E-state index >= 15 is 0 Å². The Labute approximate surface area is 256 Å². The van der Waals surface area contributed by atoms with E-state index in [0.717, 1.165) is 71.2 Å². The Morgan fingerprint density at radius 3 is 2.80 bits per heavy atom. The lowest BCUT2D eigenvalue weighted by Crippen LogP contribution is -2.44. The van der Waals surface area contributed by atoms with Crippen molar-refractivity contribution in [3.63, 3.8) is 0 Å². The molecule has 3 aliphatic rings. The molecule has 0 unspecified atom stereocenters. The summed E-state index contributed by atoms with van der Waals surface area (Å²) in [6.07, 6.45) is 10.6. The van der Waals surface area contributed by atoms with E-state index < -0.39 is 6.04 Å². The van der Waals surface area contributed by atoms with Crippen molar-refractivity contribution in [2.45, 2.75) is 84.5 Å². The van der Waals surface area contributed by atoms with Gasteiger partial charge in [0.2, 0.25) is 5.91 Å². The van der Waals surface area contributed by atoms with Crippen LogP contribution in [0.5, 0.6) is 0 Å². The molecule has 1 aromatic carbocycles. The van der Waals surface area contributed by atoms with Gasteiger partial charge in [-0.05, 0) is 75.8 Å². The quantitative estimate of drug-likeness (QED) is 0.346. The van der Waals surface area contributed by atoms with Crippen LogP contribution in [0.4, 0.5) is 0 Å². The number of hydrogen-bond acceptors (Lipinski definition) is 7. The molecular weight excluding hydrogens is 556 g/mol. The van der Waals surface area contributed by atoms with Gasteiger partial charge < -0.3 is 19.5 Å². The molecule has 0 spiro atoms. The summed E-state index contributed by atoms with van der Waals surface area (Å²) in [6, 6.07) is 5.71. The number of ether oxygens (including phenoxy) is 1. The maximum atomic E-state index is 14.1. The highest BCUT2D eigenvalue weighted by Gasteiger charge is 2.66. The minimum Gasteiger partial charge on any atom is -0.381 e. The number of benzene rings is 1. The van der Waals surface area contributed by atoms with Gasteiger partial charge in [-0.3, -0.25) is 14.4 Å². The predicted octanol–water partition coefficient (Wildman–Crippen LogP) is 4.49. The standard InChI is InChI=1S/C34H40N6O4/c1-4-29(42)28-13-34-14-30(34)40(28)32(43)19-38-18-27(22(3)41)26-12-23(25-16-36-31-10-21(2)37-39(31)17-25)11-24(33(26)38)15-35-8-6-5-7-9-44-20-34/h10-12,16-18,28,30,35H,4-9,13-15,19-20H2,1-3H3/t28-,30+,34-/m0/s1. The topological polar surface area (TPSA) is 111 Å². The van der Waals surface area contributed by atoms with E-state index in [1.165, 1.54) is 0 Å². The van der Waals surface area contributed by atoms with Crippen LogP contribution in [0.15, 0.2) is 36.8 Å². The SMILES string of the molecule is CCC(=O)[C@@H]1C[C@]23COCCCCCNCc4cc(-c5cnc6cc(C)nn6c5)cc5c(C(C)=O)cn(c45)CC(=O)N1[C@@H]2C3. The number of carbonyl (C=O) groups is 3. The maximum absolute atomic E-state index is 14.1. The number of amides is 1. The van der Waals surface area contributed by atoms with E-state index in [-0.39, 0.29) is 35.5 Å². The summed E-state index contributed by atoms with van der Waals surface area (Å²) in [4.78, 5) is 46.7. The Bertz CT molecular complexity index is 1790. The largest absolute Gasteiger partial charge is 0.381 e. The van der Waals surface area contributed by atoms with Crippen molar-refractivity contribution in [3.8, 4) is 11.1 Å². The average molecular weight is 597 g/mol. The fourth-order valence-corrected chi connectivity index (χ4v) is 7.44. The van der Waals surface area contributed by atoms with E-state index in [2.05, 4.69) is 21.5 Å². The number of carbonyl (C=O) groups excluding carboxylic acids is 3. The van der Waals surface area contributed by atoms with Gasteiger partial charge in [-0.15, -0.1) is 0 Å².